The van der Waals surface area contributed by atoms with Gasteiger partial charge in [0.25, 0.3) is 0 Å². The summed E-state index contributed by atoms with van der Waals surface area (Å²) in [5.74, 6) is 0.0720. The summed E-state index contributed by atoms with van der Waals surface area (Å²) in [7, 11) is 0. The average Bonchev–Trinajstić information content (AvgIpc) is 2.61. The van der Waals surface area contributed by atoms with E-state index in [2.05, 4.69) is 9.97 Å². The van der Waals surface area contributed by atoms with E-state index in [1.165, 1.54) is 11.3 Å². The van der Waals surface area contributed by atoms with Gasteiger partial charge in [-0.05, 0) is 25.5 Å². The second-order valence-corrected chi connectivity index (χ2v) is 4.68. The quantitative estimate of drug-likeness (QED) is 0.747. The van der Waals surface area contributed by atoms with E-state index in [4.69, 9.17) is 0 Å². The number of hydrogen-bond donors (Lipinski definition) is 0. The number of carbonyl (C=O) groups is 1. The minimum Gasteiger partial charge on any atom is -0.294 e. The van der Waals surface area contributed by atoms with Gasteiger partial charge >= 0.3 is 0 Å². The van der Waals surface area contributed by atoms with Crippen molar-refractivity contribution in [1.29, 1.82) is 0 Å². The SMILES string of the molecule is CC(=O)c1sc(-c2cnccc2C)nc1C. The maximum atomic E-state index is 11.4. The standard InChI is InChI=1S/C12H12N2OS/c1-7-4-5-13-6-10(7)12-14-8(2)11(16-12)9(3)15/h4-6H,1-3H3. The summed E-state index contributed by atoms with van der Waals surface area (Å²) in [5.41, 5.74) is 2.93. The molecular formula is C12H12N2OS. The fraction of sp³-hybridized carbons (Fsp3) is 0.250. The summed E-state index contributed by atoms with van der Waals surface area (Å²) in [5, 5.41) is 0.869. The summed E-state index contributed by atoms with van der Waals surface area (Å²) >= 11 is 1.43. The number of carbonyl (C=O) groups excluding carboxylic acids is 1. The van der Waals surface area contributed by atoms with Crippen molar-refractivity contribution in [3.8, 4) is 10.6 Å². The molecule has 0 aliphatic carbocycles. The Balaban J connectivity index is 2.54. The van der Waals surface area contributed by atoms with Crippen LogP contribution in [0, 0.1) is 13.8 Å². The highest BCUT2D eigenvalue weighted by atomic mass is 32.1. The summed E-state index contributed by atoms with van der Waals surface area (Å²) in [6.45, 7) is 5.45. The molecule has 0 atom stereocenters. The Hall–Kier alpha value is -1.55. The smallest absolute Gasteiger partial charge is 0.171 e. The Kier molecular flexibility index (Phi) is 2.83. The largest absolute Gasteiger partial charge is 0.294 e. The lowest BCUT2D eigenvalue weighted by atomic mass is 10.2. The van der Waals surface area contributed by atoms with E-state index < -0.39 is 0 Å². The van der Waals surface area contributed by atoms with E-state index in [0.717, 1.165) is 26.7 Å². The first-order valence-electron chi connectivity index (χ1n) is 4.99. The minimum absolute atomic E-state index is 0.0720. The van der Waals surface area contributed by atoms with Crippen LogP contribution in [-0.2, 0) is 0 Å². The highest BCUT2D eigenvalue weighted by Crippen LogP contribution is 2.29. The first-order valence-corrected chi connectivity index (χ1v) is 5.80. The second kappa shape index (κ2) is 4.14. The van der Waals surface area contributed by atoms with Crippen molar-refractivity contribution < 1.29 is 4.79 Å². The molecule has 0 aliphatic heterocycles. The second-order valence-electron chi connectivity index (χ2n) is 3.68. The molecule has 3 nitrogen and oxygen atoms in total. The lowest BCUT2D eigenvalue weighted by Gasteiger charge is -1.98. The first-order chi connectivity index (χ1) is 7.59. The molecule has 82 valence electrons. The van der Waals surface area contributed by atoms with Gasteiger partial charge in [-0.25, -0.2) is 4.98 Å². The molecule has 0 fully saturated rings. The Morgan fingerprint density at radius 3 is 2.69 bits per heavy atom. The van der Waals surface area contributed by atoms with E-state index in [-0.39, 0.29) is 5.78 Å². The van der Waals surface area contributed by atoms with Crippen LogP contribution < -0.4 is 0 Å². The zero-order valence-corrected chi connectivity index (χ0v) is 10.3. The number of aromatic nitrogens is 2. The lowest BCUT2D eigenvalue weighted by Crippen LogP contribution is -1.89. The van der Waals surface area contributed by atoms with Gasteiger partial charge in [0.2, 0.25) is 0 Å². The highest BCUT2D eigenvalue weighted by Gasteiger charge is 2.13. The monoisotopic (exact) mass is 232 g/mol. The molecule has 0 bridgehead atoms. The number of ketones is 1. The van der Waals surface area contributed by atoms with Crippen LogP contribution in [-0.4, -0.2) is 15.8 Å². The van der Waals surface area contributed by atoms with Crippen LogP contribution in [0.5, 0.6) is 0 Å². The molecule has 0 radical (unpaired) electrons. The van der Waals surface area contributed by atoms with E-state index in [1.807, 2.05) is 19.9 Å². The van der Waals surface area contributed by atoms with E-state index >= 15 is 0 Å². The highest BCUT2D eigenvalue weighted by molar-refractivity contribution is 7.17. The van der Waals surface area contributed by atoms with Crippen LogP contribution in [0.15, 0.2) is 18.5 Å². The molecule has 0 aromatic carbocycles. The number of Topliss-reactive ketones (excluding diaryl/α,β-unsaturated/α-hetero) is 1. The summed E-state index contributed by atoms with van der Waals surface area (Å²) in [6.07, 6.45) is 3.54. The van der Waals surface area contributed by atoms with Gasteiger partial charge in [-0.2, -0.15) is 0 Å². The first kappa shape index (κ1) is 11.0. The van der Waals surface area contributed by atoms with Crippen molar-refractivity contribution >= 4 is 17.1 Å². The Morgan fingerprint density at radius 1 is 1.38 bits per heavy atom. The molecule has 0 N–H and O–H groups in total. The molecule has 0 unspecified atom stereocenters. The summed E-state index contributed by atoms with van der Waals surface area (Å²) in [6, 6.07) is 1.94. The van der Waals surface area contributed by atoms with Gasteiger partial charge < -0.3 is 0 Å². The number of aryl methyl sites for hydroxylation is 2. The zero-order valence-electron chi connectivity index (χ0n) is 9.44. The molecular weight excluding hydrogens is 220 g/mol. The minimum atomic E-state index is 0.0720. The van der Waals surface area contributed by atoms with Crippen molar-refractivity contribution in [3.05, 3.63) is 34.6 Å². The van der Waals surface area contributed by atoms with Crippen LogP contribution >= 0.6 is 11.3 Å². The molecule has 0 spiro atoms. The number of hydrogen-bond acceptors (Lipinski definition) is 4. The Bertz CT molecular complexity index is 546. The molecule has 0 amide bonds. The van der Waals surface area contributed by atoms with Crippen LogP contribution in [0.2, 0.25) is 0 Å². The van der Waals surface area contributed by atoms with Crippen molar-refractivity contribution in [3.63, 3.8) is 0 Å². The van der Waals surface area contributed by atoms with Crippen LogP contribution in [0.1, 0.15) is 27.9 Å². The fourth-order valence-electron chi connectivity index (χ4n) is 1.53. The van der Waals surface area contributed by atoms with Crippen LogP contribution in [0.25, 0.3) is 10.6 Å². The predicted molar refractivity (Wildman–Crippen MR) is 64.8 cm³/mol. The van der Waals surface area contributed by atoms with E-state index in [9.17, 15) is 4.79 Å². The van der Waals surface area contributed by atoms with Gasteiger partial charge in [-0.3, -0.25) is 9.78 Å². The zero-order chi connectivity index (χ0) is 11.7. The third kappa shape index (κ3) is 1.88. The summed E-state index contributed by atoms with van der Waals surface area (Å²) < 4.78 is 0. The van der Waals surface area contributed by atoms with Crippen molar-refractivity contribution in [2.75, 3.05) is 0 Å². The number of thiazole rings is 1. The molecule has 0 saturated carbocycles. The third-order valence-electron chi connectivity index (χ3n) is 2.39. The Labute approximate surface area is 98.2 Å². The lowest BCUT2D eigenvalue weighted by molar-refractivity contribution is 0.102. The molecule has 0 aliphatic rings. The van der Waals surface area contributed by atoms with E-state index in [1.54, 1.807) is 19.3 Å². The molecule has 0 saturated heterocycles. The van der Waals surface area contributed by atoms with Gasteiger partial charge in [0.15, 0.2) is 5.78 Å². The van der Waals surface area contributed by atoms with Gasteiger partial charge in [0.1, 0.15) is 5.01 Å². The van der Waals surface area contributed by atoms with Crippen molar-refractivity contribution in [2.45, 2.75) is 20.8 Å². The fourth-order valence-corrected chi connectivity index (χ4v) is 2.56. The van der Waals surface area contributed by atoms with Gasteiger partial charge in [0.05, 0.1) is 10.6 Å². The molecule has 16 heavy (non-hydrogen) atoms. The predicted octanol–water partition coefficient (Wildman–Crippen LogP) is 3.02. The number of rotatable bonds is 2. The van der Waals surface area contributed by atoms with Gasteiger partial charge in [-0.1, -0.05) is 0 Å². The number of pyridine rings is 1. The molecule has 2 aromatic heterocycles. The van der Waals surface area contributed by atoms with E-state index in [0.29, 0.717) is 0 Å². The molecule has 4 heteroatoms. The van der Waals surface area contributed by atoms with Crippen molar-refractivity contribution in [2.24, 2.45) is 0 Å². The van der Waals surface area contributed by atoms with Crippen molar-refractivity contribution in [1.82, 2.24) is 9.97 Å². The molecule has 2 aromatic rings. The number of nitrogens with zero attached hydrogens (tertiary/aromatic N) is 2. The summed E-state index contributed by atoms with van der Waals surface area (Å²) in [4.78, 5) is 20.6. The van der Waals surface area contributed by atoms with Crippen LogP contribution in [0.4, 0.5) is 0 Å². The average molecular weight is 232 g/mol. The maximum Gasteiger partial charge on any atom is 0.171 e. The normalized spacial score (nSPS) is 10.4. The van der Waals surface area contributed by atoms with Gasteiger partial charge in [0, 0.05) is 24.9 Å². The maximum absolute atomic E-state index is 11.4. The topological polar surface area (TPSA) is 42.9 Å². The molecule has 2 rings (SSSR count). The molecule has 2 heterocycles. The Morgan fingerprint density at radius 2 is 2.12 bits per heavy atom. The van der Waals surface area contributed by atoms with Gasteiger partial charge in [-0.15, -0.1) is 11.3 Å². The third-order valence-corrected chi connectivity index (χ3v) is 3.68. The van der Waals surface area contributed by atoms with Crippen LogP contribution in [0.3, 0.4) is 0 Å².